The highest BCUT2D eigenvalue weighted by Gasteiger charge is 2.39. The van der Waals surface area contributed by atoms with Crippen molar-refractivity contribution in [2.45, 2.75) is 64.5 Å². The molecule has 4 amide bonds. The molecule has 1 heterocycles. The third-order valence-corrected chi connectivity index (χ3v) is 4.34. The van der Waals surface area contributed by atoms with Gasteiger partial charge in [0.05, 0.1) is 5.92 Å². The zero-order valence-electron chi connectivity index (χ0n) is 15.1. The zero-order chi connectivity index (χ0) is 18.6. The van der Waals surface area contributed by atoms with Crippen LogP contribution in [0.25, 0.3) is 0 Å². The Morgan fingerprint density at radius 1 is 1.20 bits per heavy atom. The topological polar surface area (TPSA) is 105 Å². The van der Waals surface area contributed by atoms with Crippen molar-refractivity contribution in [1.82, 2.24) is 15.5 Å². The van der Waals surface area contributed by atoms with E-state index in [0.29, 0.717) is 6.54 Å². The molecule has 0 aromatic rings. The van der Waals surface area contributed by atoms with Gasteiger partial charge in [0.1, 0.15) is 0 Å². The zero-order valence-corrected chi connectivity index (χ0v) is 15.1. The standard InChI is InChI=1S/C17H27N3O5/c1-17(2,3)19-16(24)18-13(21)10-25-15(23)11-8-14(22)20(9-11)12-6-4-5-7-12/h11-12H,4-10H2,1-3H3,(H2,18,19,21,24)/t11-/m0/s1. The number of nitrogens with one attached hydrogen (secondary N) is 2. The number of imide groups is 1. The summed E-state index contributed by atoms with van der Waals surface area (Å²) >= 11 is 0. The minimum atomic E-state index is -0.702. The van der Waals surface area contributed by atoms with Gasteiger partial charge in [0, 0.05) is 24.5 Å². The van der Waals surface area contributed by atoms with Crippen molar-refractivity contribution in [1.29, 1.82) is 0 Å². The van der Waals surface area contributed by atoms with Gasteiger partial charge in [0.15, 0.2) is 6.61 Å². The number of hydrogen-bond donors (Lipinski definition) is 2. The summed E-state index contributed by atoms with van der Waals surface area (Å²) in [7, 11) is 0. The molecule has 25 heavy (non-hydrogen) atoms. The van der Waals surface area contributed by atoms with Crippen molar-refractivity contribution in [2.24, 2.45) is 5.92 Å². The van der Waals surface area contributed by atoms with E-state index in [4.69, 9.17) is 4.74 Å². The van der Waals surface area contributed by atoms with Gasteiger partial charge in [-0.3, -0.25) is 19.7 Å². The van der Waals surface area contributed by atoms with E-state index in [1.54, 1.807) is 25.7 Å². The molecule has 8 nitrogen and oxygen atoms in total. The molecule has 0 spiro atoms. The lowest BCUT2D eigenvalue weighted by Gasteiger charge is -2.23. The van der Waals surface area contributed by atoms with E-state index in [-0.39, 0.29) is 18.4 Å². The molecule has 2 rings (SSSR count). The molecule has 2 aliphatic rings. The Morgan fingerprint density at radius 3 is 2.44 bits per heavy atom. The molecule has 2 N–H and O–H groups in total. The molecule has 0 aromatic carbocycles. The number of likely N-dealkylation sites (tertiary alicyclic amines) is 1. The van der Waals surface area contributed by atoms with Gasteiger partial charge in [0.2, 0.25) is 5.91 Å². The number of carbonyl (C=O) groups excluding carboxylic acids is 4. The second kappa shape index (κ2) is 7.84. The monoisotopic (exact) mass is 353 g/mol. The Bertz CT molecular complexity index is 549. The highest BCUT2D eigenvalue weighted by atomic mass is 16.5. The van der Waals surface area contributed by atoms with Gasteiger partial charge in [-0.05, 0) is 33.6 Å². The predicted octanol–water partition coefficient (Wildman–Crippen LogP) is 0.945. The van der Waals surface area contributed by atoms with Gasteiger partial charge in [-0.1, -0.05) is 12.8 Å². The lowest BCUT2D eigenvalue weighted by atomic mass is 10.1. The molecular formula is C17H27N3O5. The van der Waals surface area contributed by atoms with Crippen LogP contribution in [0.3, 0.4) is 0 Å². The van der Waals surface area contributed by atoms with Gasteiger partial charge >= 0.3 is 12.0 Å². The molecule has 1 saturated carbocycles. The lowest BCUT2D eigenvalue weighted by Crippen LogP contribution is -2.49. The number of carbonyl (C=O) groups is 4. The molecule has 140 valence electrons. The number of ether oxygens (including phenoxy) is 1. The lowest BCUT2D eigenvalue weighted by molar-refractivity contribution is -0.152. The van der Waals surface area contributed by atoms with Crippen molar-refractivity contribution in [3.05, 3.63) is 0 Å². The Hall–Kier alpha value is -2.12. The summed E-state index contributed by atoms with van der Waals surface area (Å²) in [5.74, 6) is -1.83. The summed E-state index contributed by atoms with van der Waals surface area (Å²) in [6.07, 6.45) is 4.32. The molecule has 0 radical (unpaired) electrons. The number of urea groups is 1. The van der Waals surface area contributed by atoms with Crippen LogP contribution < -0.4 is 10.6 Å². The van der Waals surface area contributed by atoms with Gasteiger partial charge in [-0.2, -0.15) is 0 Å². The smallest absolute Gasteiger partial charge is 0.321 e. The van der Waals surface area contributed by atoms with Gasteiger partial charge in [0.25, 0.3) is 5.91 Å². The summed E-state index contributed by atoms with van der Waals surface area (Å²) in [5, 5.41) is 4.67. The fraction of sp³-hybridized carbons (Fsp3) is 0.765. The second-order valence-electron chi connectivity index (χ2n) is 7.75. The third-order valence-electron chi connectivity index (χ3n) is 4.34. The number of nitrogens with zero attached hydrogens (tertiary/aromatic N) is 1. The van der Waals surface area contributed by atoms with E-state index in [9.17, 15) is 19.2 Å². The minimum absolute atomic E-state index is 0.0251. The number of amides is 4. The van der Waals surface area contributed by atoms with Crippen molar-refractivity contribution in [2.75, 3.05) is 13.2 Å². The highest BCUT2D eigenvalue weighted by Crippen LogP contribution is 2.29. The Balaban J connectivity index is 1.74. The van der Waals surface area contributed by atoms with Crippen LogP contribution >= 0.6 is 0 Å². The van der Waals surface area contributed by atoms with Crippen LogP contribution in [0.5, 0.6) is 0 Å². The van der Waals surface area contributed by atoms with E-state index in [2.05, 4.69) is 10.6 Å². The summed E-state index contributed by atoms with van der Waals surface area (Å²) in [4.78, 5) is 49.2. The minimum Gasteiger partial charge on any atom is -0.455 e. The average Bonchev–Trinajstić information content (AvgIpc) is 3.11. The SMILES string of the molecule is CC(C)(C)NC(=O)NC(=O)COC(=O)[C@H]1CC(=O)N(C2CCCC2)C1. The first kappa shape index (κ1) is 19.2. The summed E-state index contributed by atoms with van der Waals surface area (Å²) in [5.41, 5.74) is -0.477. The molecule has 1 atom stereocenters. The molecule has 0 unspecified atom stereocenters. The maximum atomic E-state index is 12.1. The Morgan fingerprint density at radius 2 is 1.84 bits per heavy atom. The fourth-order valence-corrected chi connectivity index (χ4v) is 3.25. The molecule has 2 fully saturated rings. The molecule has 0 aromatic heterocycles. The number of hydrogen-bond acceptors (Lipinski definition) is 5. The first-order valence-electron chi connectivity index (χ1n) is 8.74. The van der Waals surface area contributed by atoms with Crippen LogP contribution in [-0.4, -0.2) is 53.4 Å². The van der Waals surface area contributed by atoms with Crippen molar-refractivity contribution >= 4 is 23.8 Å². The van der Waals surface area contributed by atoms with Crippen LogP contribution in [0.4, 0.5) is 4.79 Å². The average molecular weight is 353 g/mol. The van der Waals surface area contributed by atoms with Crippen molar-refractivity contribution in [3.8, 4) is 0 Å². The number of rotatable bonds is 4. The van der Waals surface area contributed by atoms with Gasteiger partial charge in [-0.25, -0.2) is 4.79 Å². The van der Waals surface area contributed by atoms with E-state index in [0.717, 1.165) is 25.7 Å². The van der Waals surface area contributed by atoms with Crippen LogP contribution in [-0.2, 0) is 19.1 Å². The quantitative estimate of drug-likeness (QED) is 0.732. The van der Waals surface area contributed by atoms with Crippen LogP contribution in [0.2, 0.25) is 0 Å². The van der Waals surface area contributed by atoms with E-state index in [1.807, 2.05) is 0 Å². The van der Waals surface area contributed by atoms with Crippen molar-refractivity contribution in [3.63, 3.8) is 0 Å². The molecule has 1 aliphatic heterocycles. The van der Waals surface area contributed by atoms with E-state index < -0.39 is 36.0 Å². The largest absolute Gasteiger partial charge is 0.455 e. The molecule has 0 bridgehead atoms. The van der Waals surface area contributed by atoms with Crippen LogP contribution in [0.15, 0.2) is 0 Å². The van der Waals surface area contributed by atoms with Crippen LogP contribution in [0.1, 0.15) is 52.9 Å². The summed E-state index contributed by atoms with van der Waals surface area (Å²) in [6, 6.07) is -0.410. The number of esters is 1. The maximum Gasteiger partial charge on any atom is 0.321 e. The Kier molecular flexibility index (Phi) is 6.02. The second-order valence-corrected chi connectivity index (χ2v) is 7.75. The molecule has 1 aliphatic carbocycles. The normalized spacial score (nSPS) is 21.3. The first-order chi connectivity index (χ1) is 11.7. The highest BCUT2D eigenvalue weighted by molar-refractivity contribution is 5.96. The molecule has 8 heteroatoms. The van der Waals surface area contributed by atoms with Gasteiger partial charge < -0.3 is 15.0 Å². The summed E-state index contributed by atoms with van der Waals surface area (Å²) in [6.45, 7) is 5.16. The van der Waals surface area contributed by atoms with E-state index in [1.165, 1.54) is 0 Å². The predicted molar refractivity (Wildman–Crippen MR) is 89.5 cm³/mol. The van der Waals surface area contributed by atoms with Gasteiger partial charge in [-0.15, -0.1) is 0 Å². The summed E-state index contributed by atoms with van der Waals surface area (Å²) < 4.78 is 4.97. The van der Waals surface area contributed by atoms with Crippen LogP contribution in [0, 0.1) is 5.92 Å². The van der Waals surface area contributed by atoms with Crippen molar-refractivity contribution < 1.29 is 23.9 Å². The first-order valence-corrected chi connectivity index (χ1v) is 8.74. The fourth-order valence-electron chi connectivity index (χ4n) is 3.25. The molecule has 1 saturated heterocycles. The Labute approximate surface area is 147 Å². The third kappa shape index (κ3) is 5.72. The van der Waals surface area contributed by atoms with E-state index >= 15 is 0 Å². The molecular weight excluding hydrogens is 326 g/mol. The maximum absolute atomic E-state index is 12.1.